The quantitative estimate of drug-likeness (QED) is 0.489. The number of anilines is 1. The SMILES string of the molecule is CN=C(NCc1ccc(-n2cccn2)cc1)NC1CCN(c2ccccc2OC)C1. The van der Waals surface area contributed by atoms with Gasteiger partial charge in [-0.25, -0.2) is 4.68 Å². The van der Waals surface area contributed by atoms with Crippen LogP contribution in [0.2, 0.25) is 0 Å². The van der Waals surface area contributed by atoms with Crippen molar-refractivity contribution in [2.45, 2.75) is 19.0 Å². The molecule has 1 unspecified atom stereocenters. The monoisotopic (exact) mass is 404 g/mol. The number of nitrogens with one attached hydrogen (secondary N) is 2. The Bertz CT molecular complexity index is 968. The number of benzene rings is 2. The Balaban J connectivity index is 1.30. The summed E-state index contributed by atoms with van der Waals surface area (Å²) in [6.45, 7) is 2.62. The van der Waals surface area contributed by atoms with Gasteiger partial charge in [0.15, 0.2) is 5.96 Å². The van der Waals surface area contributed by atoms with Crippen molar-refractivity contribution in [3.05, 3.63) is 72.6 Å². The molecule has 30 heavy (non-hydrogen) atoms. The first kappa shape index (κ1) is 19.8. The molecule has 0 amide bonds. The minimum absolute atomic E-state index is 0.336. The van der Waals surface area contributed by atoms with Crippen molar-refractivity contribution in [3.8, 4) is 11.4 Å². The number of para-hydroxylation sites is 2. The van der Waals surface area contributed by atoms with Gasteiger partial charge in [0.1, 0.15) is 5.75 Å². The van der Waals surface area contributed by atoms with Crippen LogP contribution >= 0.6 is 0 Å². The lowest BCUT2D eigenvalue weighted by Gasteiger charge is -2.22. The lowest BCUT2D eigenvalue weighted by atomic mass is 10.2. The number of guanidine groups is 1. The van der Waals surface area contributed by atoms with E-state index in [2.05, 4.69) is 62.0 Å². The van der Waals surface area contributed by atoms with Crippen LogP contribution in [0.1, 0.15) is 12.0 Å². The Morgan fingerprint density at radius 3 is 2.73 bits per heavy atom. The van der Waals surface area contributed by atoms with Gasteiger partial charge in [-0.1, -0.05) is 24.3 Å². The molecule has 156 valence electrons. The molecule has 2 aromatic carbocycles. The molecule has 0 saturated carbocycles. The van der Waals surface area contributed by atoms with Crippen LogP contribution in [0.5, 0.6) is 5.75 Å². The molecule has 1 saturated heterocycles. The van der Waals surface area contributed by atoms with Gasteiger partial charge >= 0.3 is 0 Å². The first-order valence-corrected chi connectivity index (χ1v) is 10.2. The van der Waals surface area contributed by atoms with Crippen LogP contribution in [0.3, 0.4) is 0 Å². The van der Waals surface area contributed by atoms with Crippen LogP contribution in [0.25, 0.3) is 5.69 Å². The number of rotatable bonds is 6. The van der Waals surface area contributed by atoms with Crippen LogP contribution in [0.4, 0.5) is 5.69 Å². The van der Waals surface area contributed by atoms with Gasteiger partial charge in [0.25, 0.3) is 0 Å². The van der Waals surface area contributed by atoms with E-state index in [4.69, 9.17) is 4.74 Å². The van der Waals surface area contributed by atoms with Crippen LogP contribution < -0.4 is 20.3 Å². The smallest absolute Gasteiger partial charge is 0.191 e. The maximum atomic E-state index is 5.51. The van der Waals surface area contributed by atoms with Gasteiger partial charge < -0.3 is 20.3 Å². The fraction of sp³-hybridized carbons (Fsp3) is 0.304. The molecule has 7 nitrogen and oxygen atoms in total. The van der Waals surface area contributed by atoms with Gasteiger partial charge in [0.2, 0.25) is 0 Å². The largest absolute Gasteiger partial charge is 0.495 e. The summed E-state index contributed by atoms with van der Waals surface area (Å²) in [6, 6.07) is 18.8. The minimum Gasteiger partial charge on any atom is -0.495 e. The van der Waals surface area contributed by atoms with Crippen molar-refractivity contribution in [1.29, 1.82) is 0 Å². The van der Waals surface area contributed by atoms with Crippen molar-refractivity contribution in [2.24, 2.45) is 4.99 Å². The number of aromatic nitrogens is 2. The summed E-state index contributed by atoms with van der Waals surface area (Å²) >= 11 is 0. The minimum atomic E-state index is 0.336. The second-order valence-electron chi connectivity index (χ2n) is 7.29. The Morgan fingerprint density at radius 1 is 1.17 bits per heavy atom. The molecule has 1 aliphatic heterocycles. The van der Waals surface area contributed by atoms with Gasteiger partial charge in [0.05, 0.1) is 18.5 Å². The molecule has 1 aromatic heterocycles. The molecule has 0 aliphatic carbocycles. The zero-order valence-electron chi connectivity index (χ0n) is 17.5. The number of hydrogen-bond donors (Lipinski definition) is 2. The molecule has 2 N–H and O–H groups in total. The molecule has 0 bridgehead atoms. The third-order valence-electron chi connectivity index (χ3n) is 5.34. The molecular weight excluding hydrogens is 376 g/mol. The average Bonchev–Trinajstić information content (AvgIpc) is 3.49. The predicted octanol–water partition coefficient (Wildman–Crippen LogP) is 2.82. The second-order valence-corrected chi connectivity index (χ2v) is 7.29. The number of methoxy groups -OCH3 is 1. The first-order valence-electron chi connectivity index (χ1n) is 10.2. The average molecular weight is 405 g/mol. The van der Waals surface area contributed by atoms with Crippen molar-refractivity contribution in [2.75, 3.05) is 32.1 Å². The van der Waals surface area contributed by atoms with Crippen LogP contribution in [-0.4, -0.2) is 49.0 Å². The molecule has 1 fully saturated rings. The molecule has 1 atom stereocenters. The first-order chi connectivity index (χ1) is 14.8. The van der Waals surface area contributed by atoms with E-state index in [9.17, 15) is 0 Å². The third kappa shape index (κ3) is 4.56. The Morgan fingerprint density at radius 2 is 2.00 bits per heavy atom. The zero-order valence-corrected chi connectivity index (χ0v) is 17.5. The van der Waals surface area contributed by atoms with E-state index in [-0.39, 0.29) is 0 Å². The predicted molar refractivity (Wildman–Crippen MR) is 121 cm³/mol. The molecule has 0 radical (unpaired) electrons. The maximum Gasteiger partial charge on any atom is 0.191 e. The number of nitrogens with zero attached hydrogens (tertiary/aromatic N) is 4. The van der Waals surface area contributed by atoms with E-state index in [0.717, 1.165) is 42.6 Å². The van der Waals surface area contributed by atoms with Crippen molar-refractivity contribution < 1.29 is 4.74 Å². The maximum absolute atomic E-state index is 5.51. The van der Waals surface area contributed by atoms with E-state index in [1.165, 1.54) is 5.56 Å². The third-order valence-corrected chi connectivity index (χ3v) is 5.34. The Kier molecular flexibility index (Phi) is 6.17. The molecule has 0 spiro atoms. The second kappa shape index (κ2) is 9.35. The summed E-state index contributed by atoms with van der Waals surface area (Å²) in [5, 5.41) is 11.2. The highest BCUT2D eigenvalue weighted by molar-refractivity contribution is 5.80. The Hall–Kier alpha value is -3.48. The van der Waals surface area contributed by atoms with E-state index in [1.807, 2.05) is 36.1 Å². The summed E-state index contributed by atoms with van der Waals surface area (Å²) < 4.78 is 7.36. The summed E-state index contributed by atoms with van der Waals surface area (Å²) in [5.74, 6) is 1.73. The molecule has 4 rings (SSSR count). The van der Waals surface area contributed by atoms with Crippen LogP contribution in [0.15, 0.2) is 72.0 Å². The van der Waals surface area contributed by atoms with Crippen LogP contribution in [-0.2, 0) is 6.54 Å². The lowest BCUT2D eigenvalue weighted by Crippen LogP contribution is -2.44. The fourth-order valence-electron chi connectivity index (χ4n) is 3.75. The number of hydrogen-bond acceptors (Lipinski definition) is 4. The van der Waals surface area contributed by atoms with Gasteiger partial charge in [-0.05, 0) is 42.3 Å². The van der Waals surface area contributed by atoms with E-state index >= 15 is 0 Å². The zero-order chi connectivity index (χ0) is 20.8. The fourth-order valence-corrected chi connectivity index (χ4v) is 3.75. The highest BCUT2D eigenvalue weighted by Crippen LogP contribution is 2.30. The standard InChI is InChI=1S/C23H28N6O/c1-24-23(25-16-18-8-10-20(11-9-18)29-14-5-13-26-29)27-19-12-15-28(17-19)21-6-3-4-7-22(21)30-2/h3-11,13-14,19H,12,15-17H2,1-2H3,(H2,24,25,27). The molecule has 1 aliphatic rings. The molecule has 2 heterocycles. The van der Waals surface area contributed by atoms with Gasteiger partial charge in [-0.15, -0.1) is 0 Å². The summed E-state index contributed by atoms with van der Waals surface area (Å²) in [7, 11) is 3.53. The van der Waals surface area contributed by atoms with Crippen molar-refractivity contribution in [1.82, 2.24) is 20.4 Å². The summed E-state index contributed by atoms with van der Waals surface area (Å²) in [4.78, 5) is 6.75. The number of aliphatic imine (C=N–C) groups is 1. The Labute approximate surface area is 177 Å². The molecular formula is C23H28N6O. The van der Waals surface area contributed by atoms with E-state index < -0.39 is 0 Å². The highest BCUT2D eigenvalue weighted by Gasteiger charge is 2.25. The lowest BCUT2D eigenvalue weighted by molar-refractivity contribution is 0.415. The summed E-state index contributed by atoms with van der Waals surface area (Å²) in [6.07, 6.45) is 4.77. The van der Waals surface area contributed by atoms with Gasteiger partial charge in [0, 0.05) is 45.1 Å². The topological polar surface area (TPSA) is 66.7 Å². The molecule has 7 heteroatoms. The van der Waals surface area contributed by atoms with E-state index in [0.29, 0.717) is 12.6 Å². The van der Waals surface area contributed by atoms with Crippen molar-refractivity contribution in [3.63, 3.8) is 0 Å². The van der Waals surface area contributed by atoms with Gasteiger partial charge in [-0.3, -0.25) is 4.99 Å². The van der Waals surface area contributed by atoms with Crippen LogP contribution in [0, 0.1) is 0 Å². The number of ether oxygens (including phenoxy) is 1. The van der Waals surface area contributed by atoms with E-state index in [1.54, 1.807) is 13.3 Å². The normalized spacial score (nSPS) is 16.5. The van der Waals surface area contributed by atoms with Crippen molar-refractivity contribution >= 4 is 11.6 Å². The highest BCUT2D eigenvalue weighted by atomic mass is 16.5. The molecule has 3 aromatic rings. The summed E-state index contributed by atoms with van der Waals surface area (Å²) in [5.41, 5.74) is 3.38. The van der Waals surface area contributed by atoms with Gasteiger partial charge in [-0.2, -0.15) is 5.10 Å².